The van der Waals surface area contributed by atoms with Gasteiger partial charge in [0.2, 0.25) is 0 Å². The van der Waals surface area contributed by atoms with Crippen molar-refractivity contribution in [3.8, 4) is 0 Å². The van der Waals surface area contributed by atoms with Crippen molar-refractivity contribution in [1.29, 1.82) is 0 Å². The molecular weight excluding hydrogens is 244 g/mol. The molecular formula is C18H30N2. The Labute approximate surface area is 124 Å². The number of nitrogens with one attached hydrogen (secondary N) is 1. The van der Waals surface area contributed by atoms with Gasteiger partial charge in [-0.15, -0.1) is 0 Å². The van der Waals surface area contributed by atoms with Gasteiger partial charge in [-0.1, -0.05) is 51.8 Å². The number of piperidine rings is 1. The zero-order valence-electron chi connectivity index (χ0n) is 13.4. The van der Waals surface area contributed by atoms with E-state index in [0.29, 0.717) is 6.04 Å². The van der Waals surface area contributed by atoms with E-state index in [-0.39, 0.29) is 0 Å². The molecule has 0 saturated carbocycles. The van der Waals surface area contributed by atoms with E-state index in [9.17, 15) is 0 Å². The quantitative estimate of drug-likeness (QED) is 0.836. The molecule has 2 nitrogen and oxygen atoms in total. The molecule has 0 spiro atoms. The van der Waals surface area contributed by atoms with Crippen molar-refractivity contribution in [2.45, 2.75) is 59.0 Å². The predicted molar refractivity (Wildman–Crippen MR) is 88.3 cm³/mol. The van der Waals surface area contributed by atoms with Crippen LogP contribution in [0.1, 0.15) is 52.0 Å². The minimum atomic E-state index is 0.540. The molecule has 112 valence electrons. The molecule has 0 bridgehead atoms. The second-order valence-corrected chi connectivity index (χ2v) is 6.38. The maximum atomic E-state index is 3.54. The number of hydrogen-bond donors (Lipinski definition) is 1. The van der Waals surface area contributed by atoms with Gasteiger partial charge in [-0.2, -0.15) is 0 Å². The summed E-state index contributed by atoms with van der Waals surface area (Å²) in [7, 11) is 0. The van der Waals surface area contributed by atoms with Crippen LogP contribution in [0.3, 0.4) is 0 Å². The zero-order chi connectivity index (χ0) is 14.4. The highest BCUT2D eigenvalue weighted by molar-refractivity contribution is 5.53. The van der Waals surface area contributed by atoms with E-state index < -0.39 is 0 Å². The fourth-order valence-corrected chi connectivity index (χ4v) is 3.15. The van der Waals surface area contributed by atoms with Gasteiger partial charge >= 0.3 is 0 Å². The Morgan fingerprint density at radius 3 is 2.55 bits per heavy atom. The standard InChI is InChI=1S/C18H30N2/c1-4-7-16-10-12-20(13-11-16)18-9-6-5-8-17(18)14-19-15(2)3/h5-6,8-9,15-16,19H,4,7,10-14H2,1-3H3. The Kier molecular flexibility index (Phi) is 5.90. The van der Waals surface area contributed by atoms with Crippen LogP contribution < -0.4 is 10.2 Å². The molecule has 2 heteroatoms. The second-order valence-electron chi connectivity index (χ2n) is 6.38. The van der Waals surface area contributed by atoms with Gasteiger partial charge in [0.25, 0.3) is 0 Å². The van der Waals surface area contributed by atoms with Crippen LogP contribution >= 0.6 is 0 Å². The van der Waals surface area contributed by atoms with Crippen molar-refractivity contribution in [3.05, 3.63) is 29.8 Å². The maximum absolute atomic E-state index is 3.54. The smallest absolute Gasteiger partial charge is 0.0411 e. The molecule has 0 radical (unpaired) electrons. The zero-order valence-corrected chi connectivity index (χ0v) is 13.4. The molecule has 20 heavy (non-hydrogen) atoms. The fourth-order valence-electron chi connectivity index (χ4n) is 3.15. The normalized spacial score (nSPS) is 16.9. The van der Waals surface area contributed by atoms with Crippen molar-refractivity contribution in [2.24, 2.45) is 5.92 Å². The van der Waals surface area contributed by atoms with Crippen LogP contribution in [0.4, 0.5) is 5.69 Å². The molecule has 0 unspecified atom stereocenters. The lowest BCUT2D eigenvalue weighted by atomic mass is 9.92. The van der Waals surface area contributed by atoms with Crippen LogP contribution in [-0.2, 0) is 6.54 Å². The lowest BCUT2D eigenvalue weighted by Crippen LogP contribution is -2.34. The average Bonchev–Trinajstić information content (AvgIpc) is 2.47. The monoisotopic (exact) mass is 274 g/mol. The third-order valence-electron chi connectivity index (χ3n) is 4.34. The first-order valence-electron chi connectivity index (χ1n) is 8.27. The number of anilines is 1. The molecule has 0 aliphatic carbocycles. The van der Waals surface area contributed by atoms with Gasteiger partial charge in [0.1, 0.15) is 0 Å². The SMILES string of the molecule is CCCC1CCN(c2ccccc2CNC(C)C)CC1. The van der Waals surface area contributed by atoms with Crippen molar-refractivity contribution < 1.29 is 0 Å². The van der Waals surface area contributed by atoms with Gasteiger partial charge in [-0.05, 0) is 30.4 Å². The van der Waals surface area contributed by atoms with Crippen molar-refractivity contribution in [3.63, 3.8) is 0 Å². The Bertz CT molecular complexity index is 392. The van der Waals surface area contributed by atoms with Crippen LogP contribution in [0.15, 0.2) is 24.3 Å². The number of nitrogens with zero attached hydrogens (tertiary/aromatic N) is 1. The topological polar surface area (TPSA) is 15.3 Å². The van der Waals surface area contributed by atoms with Gasteiger partial charge in [-0.3, -0.25) is 0 Å². The molecule has 2 rings (SSSR count). The van der Waals surface area contributed by atoms with Gasteiger partial charge in [0, 0.05) is 31.4 Å². The lowest BCUT2D eigenvalue weighted by Gasteiger charge is -2.35. The first kappa shape index (κ1) is 15.4. The molecule has 1 N–H and O–H groups in total. The van der Waals surface area contributed by atoms with E-state index in [1.807, 2.05) is 0 Å². The van der Waals surface area contributed by atoms with Crippen LogP contribution in [0, 0.1) is 5.92 Å². The van der Waals surface area contributed by atoms with E-state index >= 15 is 0 Å². The molecule has 1 aromatic carbocycles. The largest absolute Gasteiger partial charge is 0.371 e. The molecule has 1 aliphatic rings. The van der Waals surface area contributed by atoms with E-state index in [1.165, 1.54) is 50.0 Å². The first-order chi connectivity index (χ1) is 9.70. The van der Waals surface area contributed by atoms with Crippen molar-refractivity contribution in [2.75, 3.05) is 18.0 Å². The number of para-hydroxylation sites is 1. The summed E-state index contributed by atoms with van der Waals surface area (Å²) in [6, 6.07) is 9.43. The molecule has 1 fully saturated rings. The van der Waals surface area contributed by atoms with E-state index in [2.05, 4.69) is 55.3 Å². The molecule has 1 aliphatic heterocycles. The highest BCUT2D eigenvalue weighted by Gasteiger charge is 2.20. The third kappa shape index (κ3) is 4.24. The maximum Gasteiger partial charge on any atom is 0.0411 e. The first-order valence-corrected chi connectivity index (χ1v) is 8.27. The third-order valence-corrected chi connectivity index (χ3v) is 4.34. The van der Waals surface area contributed by atoms with Crippen molar-refractivity contribution in [1.82, 2.24) is 5.32 Å². The molecule has 1 saturated heterocycles. The van der Waals surface area contributed by atoms with Gasteiger partial charge in [0.15, 0.2) is 0 Å². The van der Waals surface area contributed by atoms with Gasteiger partial charge < -0.3 is 10.2 Å². The van der Waals surface area contributed by atoms with Crippen LogP contribution in [0.2, 0.25) is 0 Å². The summed E-state index contributed by atoms with van der Waals surface area (Å²) >= 11 is 0. The Balaban J connectivity index is 1.98. The van der Waals surface area contributed by atoms with Crippen LogP contribution in [0.25, 0.3) is 0 Å². The van der Waals surface area contributed by atoms with Gasteiger partial charge in [-0.25, -0.2) is 0 Å². The van der Waals surface area contributed by atoms with E-state index in [4.69, 9.17) is 0 Å². The summed E-state index contributed by atoms with van der Waals surface area (Å²) in [6.07, 6.45) is 5.46. The van der Waals surface area contributed by atoms with Crippen molar-refractivity contribution >= 4 is 5.69 Å². The second kappa shape index (κ2) is 7.68. The van der Waals surface area contributed by atoms with Crippen LogP contribution in [0.5, 0.6) is 0 Å². The molecule has 1 heterocycles. The average molecular weight is 274 g/mol. The predicted octanol–water partition coefficient (Wildman–Crippen LogP) is 4.20. The van der Waals surface area contributed by atoms with E-state index in [0.717, 1.165) is 12.5 Å². The fraction of sp³-hybridized carbons (Fsp3) is 0.667. The van der Waals surface area contributed by atoms with E-state index in [1.54, 1.807) is 0 Å². The Hall–Kier alpha value is -1.02. The highest BCUT2D eigenvalue weighted by Crippen LogP contribution is 2.28. The lowest BCUT2D eigenvalue weighted by molar-refractivity contribution is 0.378. The molecule has 0 atom stereocenters. The Morgan fingerprint density at radius 2 is 1.90 bits per heavy atom. The summed E-state index contributed by atoms with van der Waals surface area (Å²) in [5.41, 5.74) is 2.88. The summed E-state index contributed by atoms with van der Waals surface area (Å²) < 4.78 is 0. The highest BCUT2D eigenvalue weighted by atomic mass is 15.1. The summed E-state index contributed by atoms with van der Waals surface area (Å²) in [6.45, 7) is 10.1. The summed E-state index contributed by atoms with van der Waals surface area (Å²) in [5.74, 6) is 0.956. The van der Waals surface area contributed by atoms with Gasteiger partial charge in [0.05, 0.1) is 0 Å². The number of hydrogen-bond acceptors (Lipinski definition) is 2. The molecule has 1 aromatic rings. The number of rotatable bonds is 6. The molecule has 0 amide bonds. The summed E-state index contributed by atoms with van der Waals surface area (Å²) in [4.78, 5) is 2.59. The summed E-state index contributed by atoms with van der Waals surface area (Å²) in [5, 5.41) is 3.54. The number of benzene rings is 1. The Morgan fingerprint density at radius 1 is 1.20 bits per heavy atom. The van der Waals surface area contributed by atoms with Crippen LogP contribution in [-0.4, -0.2) is 19.1 Å². The minimum absolute atomic E-state index is 0.540. The molecule has 0 aromatic heterocycles. The minimum Gasteiger partial charge on any atom is -0.371 e.